The lowest BCUT2D eigenvalue weighted by molar-refractivity contribution is 0.1000. The molecule has 0 bridgehead atoms. The van der Waals surface area contributed by atoms with Crippen LogP contribution in [0.5, 0.6) is 0 Å². The molecule has 0 aromatic heterocycles. The van der Waals surface area contributed by atoms with Crippen LogP contribution in [0.4, 0.5) is 0 Å². The second-order valence-corrected chi connectivity index (χ2v) is 4.20. The van der Waals surface area contributed by atoms with Gasteiger partial charge in [0, 0.05) is 17.0 Å². The number of carbonyl (C=O) groups excluding carboxylic acids is 1. The third kappa shape index (κ3) is 2.75. The van der Waals surface area contributed by atoms with Crippen LogP contribution in [0.2, 0.25) is 0 Å². The van der Waals surface area contributed by atoms with Crippen LogP contribution < -0.4 is 11.5 Å². The van der Waals surface area contributed by atoms with Gasteiger partial charge in [-0.15, -0.1) is 11.8 Å². The van der Waals surface area contributed by atoms with E-state index in [2.05, 4.69) is 6.92 Å². The first-order valence-electron chi connectivity index (χ1n) is 4.44. The monoisotopic (exact) mass is 210 g/mol. The standard InChI is InChI=1S/C10H14N2OS/c1-2-14-9-4-7(6-11)3-8(5-9)10(12)13/h3-5H,2,6,11H2,1H3,(H2,12,13). The van der Waals surface area contributed by atoms with Crippen LogP contribution in [-0.4, -0.2) is 11.7 Å². The van der Waals surface area contributed by atoms with Gasteiger partial charge in [-0.1, -0.05) is 6.92 Å². The minimum absolute atomic E-state index is 0.404. The molecular formula is C10H14N2OS. The van der Waals surface area contributed by atoms with Gasteiger partial charge in [-0.2, -0.15) is 0 Å². The Morgan fingerprint density at radius 2 is 2.14 bits per heavy atom. The Kier molecular flexibility index (Phi) is 3.98. The molecule has 0 radical (unpaired) electrons. The molecule has 0 fully saturated rings. The van der Waals surface area contributed by atoms with E-state index in [1.165, 1.54) is 0 Å². The molecule has 0 aliphatic carbocycles. The summed E-state index contributed by atoms with van der Waals surface area (Å²) >= 11 is 1.67. The van der Waals surface area contributed by atoms with Crippen LogP contribution in [-0.2, 0) is 6.54 Å². The minimum Gasteiger partial charge on any atom is -0.366 e. The van der Waals surface area contributed by atoms with Crippen LogP contribution in [0.25, 0.3) is 0 Å². The Labute approximate surface area is 87.9 Å². The maximum Gasteiger partial charge on any atom is 0.248 e. The summed E-state index contributed by atoms with van der Waals surface area (Å²) in [5, 5.41) is 0. The molecule has 0 atom stereocenters. The number of hydrogen-bond acceptors (Lipinski definition) is 3. The molecule has 14 heavy (non-hydrogen) atoms. The number of carbonyl (C=O) groups is 1. The van der Waals surface area contributed by atoms with Crippen LogP contribution >= 0.6 is 11.8 Å². The zero-order valence-electron chi connectivity index (χ0n) is 8.12. The molecule has 0 aliphatic heterocycles. The largest absolute Gasteiger partial charge is 0.366 e. The van der Waals surface area contributed by atoms with Gasteiger partial charge in [0.1, 0.15) is 0 Å². The second kappa shape index (κ2) is 5.02. The number of nitrogens with two attached hydrogens (primary N) is 2. The van der Waals surface area contributed by atoms with Crippen LogP contribution in [0.3, 0.4) is 0 Å². The molecule has 1 rings (SSSR count). The second-order valence-electron chi connectivity index (χ2n) is 2.87. The van der Waals surface area contributed by atoms with E-state index < -0.39 is 5.91 Å². The van der Waals surface area contributed by atoms with E-state index in [9.17, 15) is 4.79 Å². The molecule has 3 nitrogen and oxygen atoms in total. The highest BCUT2D eigenvalue weighted by Crippen LogP contribution is 2.20. The summed E-state index contributed by atoms with van der Waals surface area (Å²) in [7, 11) is 0. The highest BCUT2D eigenvalue weighted by molar-refractivity contribution is 7.99. The van der Waals surface area contributed by atoms with Crippen molar-refractivity contribution >= 4 is 17.7 Å². The van der Waals surface area contributed by atoms with Gasteiger partial charge in [-0.3, -0.25) is 4.79 Å². The maximum atomic E-state index is 11.0. The molecule has 1 amide bonds. The molecule has 4 heteroatoms. The van der Waals surface area contributed by atoms with Crippen molar-refractivity contribution in [2.75, 3.05) is 5.75 Å². The van der Waals surface area contributed by atoms with Gasteiger partial charge in [0.15, 0.2) is 0 Å². The first-order valence-corrected chi connectivity index (χ1v) is 5.42. The number of primary amides is 1. The van der Waals surface area contributed by atoms with Crippen LogP contribution in [0.1, 0.15) is 22.8 Å². The van der Waals surface area contributed by atoms with Gasteiger partial charge < -0.3 is 11.5 Å². The topological polar surface area (TPSA) is 69.1 Å². The summed E-state index contributed by atoms with van der Waals surface area (Å²) in [6.07, 6.45) is 0. The Morgan fingerprint density at radius 3 is 2.64 bits per heavy atom. The van der Waals surface area contributed by atoms with E-state index >= 15 is 0 Å². The van der Waals surface area contributed by atoms with E-state index in [0.29, 0.717) is 12.1 Å². The molecule has 0 heterocycles. The normalized spacial score (nSPS) is 10.1. The fourth-order valence-electron chi connectivity index (χ4n) is 1.17. The van der Waals surface area contributed by atoms with E-state index in [1.807, 2.05) is 6.07 Å². The first kappa shape index (κ1) is 11.1. The first-order chi connectivity index (χ1) is 6.67. The summed E-state index contributed by atoms with van der Waals surface area (Å²) in [5.74, 6) is 0.560. The molecule has 0 saturated carbocycles. The summed E-state index contributed by atoms with van der Waals surface area (Å²) < 4.78 is 0. The number of amides is 1. The Bertz CT molecular complexity index is 339. The molecule has 0 saturated heterocycles. The zero-order chi connectivity index (χ0) is 10.6. The van der Waals surface area contributed by atoms with Crippen molar-refractivity contribution in [2.45, 2.75) is 18.4 Å². The third-order valence-corrected chi connectivity index (χ3v) is 2.66. The number of hydrogen-bond donors (Lipinski definition) is 2. The van der Waals surface area contributed by atoms with Crippen molar-refractivity contribution in [2.24, 2.45) is 11.5 Å². The number of rotatable bonds is 4. The lowest BCUT2D eigenvalue weighted by atomic mass is 10.1. The summed E-state index contributed by atoms with van der Waals surface area (Å²) in [4.78, 5) is 12.0. The lowest BCUT2D eigenvalue weighted by Crippen LogP contribution is -2.12. The van der Waals surface area contributed by atoms with Crippen molar-refractivity contribution < 1.29 is 4.79 Å². The van der Waals surface area contributed by atoms with Gasteiger partial charge in [-0.25, -0.2) is 0 Å². The molecular weight excluding hydrogens is 196 g/mol. The predicted octanol–water partition coefficient (Wildman–Crippen LogP) is 1.36. The average molecular weight is 210 g/mol. The fraction of sp³-hybridized carbons (Fsp3) is 0.300. The lowest BCUT2D eigenvalue weighted by Gasteiger charge is -2.05. The van der Waals surface area contributed by atoms with Crippen molar-refractivity contribution in [1.82, 2.24) is 0 Å². The number of thioether (sulfide) groups is 1. The predicted molar refractivity (Wildman–Crippen MR) is 59.2 cm³/mol. The van der Waals surface area contributed by atoms with Crippen molar-refractivity contribution in [1.29, 1.82) is 0 Å². The molecule has 1 aromatic rings. The average Bonchev–Trinajstić information content (AvgIpc) is 2.17. The highest BCUT2D eigenvalue weighted by Gasteiger charge is 2.04. The fourth-order valence-corrected chi connectivity index (χ4v) is 1.95. The van der Waals surface area contributed by atoms with E-state index in [0.717, 1.165) is 16.2 Å². The highest BCUT2D eigenvalue weighted by atomic mass is 32.2. The van der Waals surface area contributed by atoms with Crippen molar-refractivity contribution in [3.8, 4) is 0 Å². The Balaban J connectivity index is 3.06. The van der Waals surface area contributed by atoms with Crippen LogP contribution in [0, 0.1) is 0 Å². The number of benzene rings is 1. The van der Waals surface area contributed by atoms with E-state index in [1.54, 1.807) is 23.9 Å². The molecule has 0 aliphatic rings. The zero-order valence-corrected chi connectivity index (χ0v) is 8.93. The molecule has 0 spiro atoms. The molecule has 1 aromatic carbocycles. The van der Waals surface area contributed by atoms with Gasteiger partial charge in [0.2, 0.25) is 5.91 Å². The van der Waals surface area contributed by atoms with Gasteiger partial charge >= 0.3 is 0 Å². The van der Waals surface area contributed by atoms with Crippen LogP contribution in [0.15, 0.2) is 23.1 Å². The molecule has 76 valence electrons. The van der Waals surface area contributed by atoms with E-state index in [4.69, 9.17) is 11.5 Å². The molecule has 0 unspecified atom stereocenters. The maximum absolute atomic E-state index is 11.0. The van der Waals surface area contributed by atoms with Crippen molar-refractivity contribution in [3.63, 3.8) is 0 Å². The SMILES string of the molecule is CCSc1cc(CN)cc(C(N)=O)c1. The third-order valence-electron chi connectivity index (χ3n) is 1.80. The Morgan fingerprint density at radius 1 is 1.43 bits per heavy atom. The summed E-state index contributed by atoms with van der Waals surface area (Å²) in [6.45, 7) is 2.49. The van der Waals surface area contributed by atoms with E-state index in [-0.39, 0.29) is 0 Å². The smallest absolute Gasteiger partial charge is 0.248 e. The Hall–Kier alpha value is -1.00. The quantitative estimate of drug-likeness (QED) is 0.737. The minimum atomic E-state index is -0.404. The van der Waals surface area contributed by atoms with Gasteiger partial charge in [0.05, 0.1) is 0 Å². The molecule has 4 N–H and O–H groups in total. The summed E-state index contributed by atoms with van der Waals surface area (Å²) in [5.41, 5.74) is 12.2. The van der Waals surface area contributed by atoms with Gasteiger partial charge in [0.25, 0.3) is 0 Å². The summed E-state index contributed by atoms with van der Waals surface area (Å²) in [6, 6.07) is 5.53. The van der Waals surface area contributed by atoms with Crippen molar-refractivity contribution in [3.05, 3.63) is 29.3 Å². The van der Waals surface area contributed by atoms with Gasteiger partial charge in [-0.05, 0) is 29.5 Å².